The molecule has 6 heteroatoms. The van der Waals surface area contributed by atoms with Gasteiger partial charge in [-0.2, -0.15) is 4.31 Å². The van der Waals surface area contributed by atoms with Gasteiger partial charge in [0.1, 0.15) is 5.75 Å². The summed E-state index contributed by atoms with van der Waals surface area (Å²) in [5.41, 5.74) is 1.86. The number of piperazine rings is 1. The SMILES string of the molecule is O=S(=O)(/C=C/c1ccccc1)N1CCN(c2ccc(O)cc2)CC1. The molecule has 0 spiro atoms. The molecule has 1 aliphatic heterocycles. The zero-order chi connectivity index (χ0) is 17.0. The largest absolute Gasteiger partial charge is 0.508 e. The molecule has 1 fully saturated rings. The molecule has 24 heavy (non-hydrogen) atoms. The highest BCUT2D eigenvalue weighted by atomic mass is 32.2. The van der Waals surface area contributed by atoms with Crippen LogP contribution in [0.25, 0.3) is 6.08 Å². The molecule has 0 radical (unpaired) electrons. The number of benzene rings is 2. The Balaban J connectivity index is 1.63. The van der Waals surface area contributed by atoms with Gasteiger partial charge in [0.05, 0.1) is 0 Å². The fourth-order valence-electron chi connectivity index (χ4n) is 2.68. The van der Waals surface area contributed by atoms with Crippen molar-refractivity contribution < 1.29 is 13.5 Å². The fourth-order valence-corrected chi connectivity index (χ4v) is 3.85. The zero-order valence-electron chi connectivity index (χ0n) is 13.2. The van der Waals surface area contributed by atoms with Gasteiger partial charge in [-0.3, -0.25) is 0 Å². The summed E-state index contributed by atoms with van der Waals surface area (Å²) in [6, 6.07) is 16.4. The number of hydrogen-bond donors (Lipinski definition) is 1. The second kappa shape index (κ2) is 7.07. The summed E-state index contributed by atoms with van der Waals surface area (Å²) >= 11 is 0. The van der Waals surface area contributed by atoms with Gasteiger partial charge in [-0.15, -0.1) is 0 Å². The van der Waals surface area contributed by atoms with E-state index in [-0.39, 0.29) is 5.75 Å². The van der Waals surface area contributed by atoms with Crippen molar-refractivity contribution in [1.29, 1.82) is 0 Å². The molecule has 0 amide bonds. The Morgan fingerprint density at radius 1 is 0.875 bits per heavy atom. The monoisotopic (exact) mass is 344 g/mol. The fraction of sp³-hybridized carbons (Fsp3) is 0.222. The number of phenolic OH excluding ortho intramolecular Hbond substituents is 1. The van der Waals surface area contributed by atoms with Crippen LogP contribution < -0.4 is 4.90 Å². The van der Waals surface area contributed by atoms with Gasteiger partial charge >= 0.3 is 0 Å². The smallest absolute Gasteiger partial charge is 0.236 e. The van der Waals surface area contributed by atoms with Crippen molar-refractivity contribution in [2.75, 3.05) is 31.1 Å². The number of nitrogens with zero attached hydrogens (tertiary/aromatic N) is 2. The Morgan fingerprint density at radius 2 is 1.50 bits per heavy atom. The standard InChI is InChI=1S/C18H20N2O3S/c21-18-8-6-17(7-9-18)19-11-13-20(14-12-19)24(22,23)15-10-16-4-2-1-3-5-16/h1-10,15,21H,11-14H2/b15-10+. The molecule has 0 aromatic heterocycles. The molecule has 1 aliphatic rings. The molecule has 0 aliphatic carbocycles. The van der Waals surface area contributed by atoms with E-state index in [1.807, 2.05) is 42.5 Å². The molecule has 0 bridgehead atoms. The third kappa shape index (κ3) is 3.96. The van der Waals surface area contributed by atoms with Crippen molar-refractivity contribution in [1.82, 2.24) is 4.31 Å². The average Bonchev–Trinajstić information content (AvgIpc) is 2.62. The number of sulfonamides is 1. The van der Waals surface area contributed by atoms with Gasteiger partial charge in [-0.05, 0) is 35.9 Å². The van der Waals surface area contributed by atoms with E-state index in [2.05, 4.69) is 4.90 Å². The topological polar surface area (TPSA) is 60.9 Å². The zero-order valence-corrected chi connectivity index (χ0v) is 14.1. The van der Waals surface area contributed by atoms with E-state index in [9.17, 15) is 13.5 Å². The summed E-state index contributed by atoms with van der Waals surface area (Å²) in [5, 5.41) is 10.6. The first-order valence-electron chi connectivity index (χ1n) is 7.82. The number of phenols is 1. The lowest BCUT2D eigenvalue weighted by molar-refractivity contribution is 0.390. The van der Waals surface area contributed by atoms with E-state index in [0.717, 1.165) is 11.3 Å². The van der Waals surface area contributed by atoms with Gasteiger partial charge in [0.15, 0.2) is 0 Å². The van der Waals surface area contributed by atoms with Crippen molar-refractivity contribution in [3.8, 4) is 5.75 Å². The summed E-state index contributed by atoms with van der Waals surface area (Å²) in [6.07, 6.45) is 1.63. The second-order valence-corrected chi connectivity index (χ2v) is 7.48. The van der Waals surface area contributed by atoms with Gasteiger partial charge in [0, 0.05) is 37.3 Å². The molecule has 1 heterocycles. The molecule has 0 saturated carbocycles. The second-order valence-electron chi connectivity index (χ2n) is 5.66. The van der Waals surface area contributed by atoms with Crippen LogP contribution in [-0.4, -0.2) is 44.0 Å². The average molecular weight is 344 g/mol. The Morgan fingerprint density at radius 3 is 2.12 bits per heavy atom. The minimum absolute atomic E-state index is 0.228. The van der Waals surface area contributed by atoms with Gasteiger partial charge in [-0.1, -0.05) is 30.3 Å². The molecule has 0 unspecified atom stereocenters. The van der Waals surface area contributed by atoms with E-state index < -0.39 is 10.0 Å². The summed E-state index contributed by atoms with van der Waals surface area (Å²) in [4.78, 5) is 2.12. The number of aromatic hydroxyl groups is 1. The highest BCUT2D eigenvalue weighted by Crippen LogP contribution is 2.21. The predicted molar refractivity (Wildman–Crippen MR) is 96.3 cm³/mol. The molecule has 2 aromatic rings. The first-order valence-corrected chi connectivity index (χ1v) is 9.32. The van der Waals surface area contributed by atoms with Crippen molar-refractivity contribution in [3.63, 3.8) is 0 Å². The van der Waals surface area contributed by atoms with Crippen LogP contribution in [0.4, 0.5) is 5.69 Å². The third-order valence-corrected chi connectivity index (χ3v) is 5.61. The molecular weight excluding hydrogens is 324 g/mol. The van der Waals surface area contributed by atoms with E-state index in [1.165, 1.54) is 9.71 Å². The quantitative estimate of drug-likeness (QED) is 0.926. The van der Waals surface area contributed by atoms with Crippen LogP contribution in [-0.2, 0) is 10.0 Å². The van der Waals surface area contributed by atoms with Crippen molar-refractivity contribution >= 4 is 21.8 Å². The Labute approximate surface area is 142 Å². The summed E-state index contributed by atoms with van der Waals surface area (Å²) in [6.45, 7) is 2.15. The van der Waals surface area contributed by atoms with Crippen LogP contribution in [0.1, 0.15) is 5.56 Å². The molecule has 1 N–H and O–H groups in total. The maximum atomic E-state index is 12.4. The lowest BCUT2D eigenvalue weighted by Crippen LogP contribution is -2.48. The number of anilines is 1. The van der Waals surface area contributed by atoms with Crippen molar-refractivity contribution in [3.05, 3.63) is 65.6 Å². The normalized spacial score (nSPS) is 16.6. The van der Waals surface area contributed by atoms with Crippen molar-refractivity contribution in [2.24, 2.45) is 0 Å². The first-order chi connectivity index (χ1) is 11.5. The Kier molecular flexibility index (Phi) is 4.87. The maximum absolute atomic E-state index is 12.4. The predicted octanol–water partition coefficient (Wildman–Crippen LogP) is 2.51. The summed E-state index contributed by atoms with van der Waals surface area (Å²) < 4.78 is 26.4. The van der Waals surface area contributed by atoms with Crippen LogP contribution >= 0.6 is 0 Å². The summed E-state index contributed by atoms with van der Waals surface area (Å²) in [7, 11) is -3.41. The van der Waals surface area contributed by atoms with Gasteiger partial charge in [0.25, 0.3) is 0 Å². The summed E-state index contributed by atoms with van der Waals surface area (Å²) in [5.74, 6) is 0.228. The van der Waals surface area contributed by atoms with Crippen LogP contribution in [0.2, 0.25) is 0 Å². The molecule has 5 nitrogen and oxygen atoms in total. The Bertz CT molecular complexity index is 794. The highest BCUT2D eigenvalue weighted by molar-refractivity contribution is 7.92. The van der Waals surface area contributed by atoms with Crippen LogP contribution in [0.5, 0.6) is 5.75 Å². The minimum Gasteiger partial charge on any atom is -0.508 e. The highest BCUT2D eigenvalue weighted by Gasteiger charge is 2.25. The van der Waals surface area contributed by atoms with E-state index >= 15 is 0 Å². The lowest BCUT2D eigenvalue weighted by atomic mass is 10.2. The molecule has 0 atom stereocenters. The van der Waals surface area contributed by atoms with Crippen LogP contribution in [0.15, 0.2) is 60.0 Å². The van der Waals surface area contributed by atoms with Gasteiger partial charge in [-0.25, -0.2) is 8.42 Å². The minimum atomic E-state index is -3.41. The Hall–Kier alpha value is -2.31. The lowest BCUT2D eigenvalue weighted by Gasteiger charge is -2.34. The molecule has 126 valence electrons. The van der Waals surface area contributed by atoms with Crippen LogP contribution in [0.3, 0.4) is 0 Å². The van der Waals surface area contributed by atoms with E-state index in [4.69, 9.17) is 0 Å². The van der Waals surface area contributed by atoms with Crippen molar-refractivity contribution in [2.45, 2.75) is 0 Å². The molecule has 1 saturated heterocycles. The van der Waals surface area contributed by atoms with Crippen LogP contribution in [0, 0.1) is 0 Å². The molecule has 3 rings (SSSR count). The number of hydrogen-bond acceptors (Lipinski definition) is 4. The van der Waals surface area contributed by atoms with E-state index in [1.54, 1.807) is 18.2 Å². The molecule has 2 aromatic carbocycles. The molecular formula is C18H20N2O3S. The van der Waals surface area contributed by atoms with Gasteiger partial charge in [0.2, 0.25) is 10.0 Å². The maximum Gasteiger partial charge on any atom is 0.236 e. The van der Waals surface area contributed by atoms with E-state index in [0.29, 0.717) is 26.2 Å². The third-order valence-electron chi connectivity index (χ3n) is 4.05. The van der Waals surface area contributed by atoms with Gasteiger partial charge < -0.3 is 10.0 Å². The number of rotatable bonds is 4. The first kappa shape index (κ1) is 16.5.